The second kappa shape index (κ2) is 6.63. The van der Waals surface area contributed by atoms with Crippen LogP contribution in [0.25, 0.3) is 0 Å². The summed E-state index contributed by atoms with van der Waals surface area (Å²) in [6.45, 7) is 2.22. The lowest BCUT2D eigenvalue weighted by Crippen LogP contribution is -2.62. The molecule has 0 saturated heterocycles. The first-order chi connectivity index (χ1) is 10.8. The Morgan fingerprint density at radius 3 is 1.77 bits per heavy atom. The summed E-state index contributed by atoms with van der Waals surface area (Å²) >= 11 is 0. The molecule has 0 bridgehead atoms. The molecule has 2 heteroatoms. The molecule has 0 aliphatic rings. The Morgan fingerprint density at radius 2 is 1.32 bits per heavy atom. The van der Waals surface area contributed by atoms with Gasteiger partial charge in [-0.05, 0) is 22.5 Å². The molecule has 109 valence electrons. The summed E-state index contributed by atoms with van der Waals surface area (Å²) in [6.07, 6.45) is 0. The fourth-order valence-electron chi connectivity index (χ4n) is 2.81. The third kappa shape index (κ3) is 2.83. The first-order valence-electron chi connectivity index (χ1n) is 7.62. The summed E-state index contributed by atoms with van der Waals surface area (Å²) in [5.74, 6) is 0.823. The number of benzene rings is 3. The highest BCUT2D eigenvalue weighted by Crippen LogP contribution is 2.18. The standard InChI is InChI=1S/C20H19OSi/c1-2-22(19-14-8-4-9-15-19,20-16-10-5-11-17-20)21-18-12-6-3-7-13-18/h3-12,14-17H,2H2,1H3. The molecule has 0 saturated carbocycles. The maximum absolute atomic E-state index is 6.61. The van der Waals surface area contributed by atoms with Crippen LogP contribution in [-0.2, 0) is 0 Å². The first-order valence-corrected chi connectivity index (χ1v) is 9.73. The smallest absolute Gasteiger partial charge is 0.314 e. The molecule has 0 unspecified atom stereocenters. The van der Waals surface area contributed by atoms with Gasteiger partial charge in [-0.15, -0.1) is 0 Å². The highest BCUT2D eigenvalue weighted by atomic mass is 28.4. The quantitative estimate of drug-likeness (QED) is 0.654. The molecule has 3 rings (SSSR count). The molecule has 22 heavy (non-hydrogen) atoms. The Kier molecular flexibility index (Phi) is 4.40. The molecule has 0 aliphatic carbocycles. The molecule has 0 aromatic heterocycles. The highest BCUT2D eigenvalue weighted by Gasteiger charge is 2.39. The van der Waals surface area contributed by atoms with Crippen molar-refractivity contribution in [1.82, 2.24) is 0 Å². The number of para-hydroxylation sites is 1. The minimum Gasteiger partial charge on any atom is -0.534 e. The van der Waals surface area contributed by atoms with Crippen molar-refractivity contribution >= 4 is 18.7 Å². The van der Waals surface area contributed by atoms with Crippen molar-refractivity contribution in [3.8, 4) is 5.75 Å². The zero-order valence-electron chi connectivity index (χ0n) is 12.7. The third-order valence-electron chi connectivity index (χ3n) is 3.94. The monoisotopic (exact) mass is 303 g/mol. The molecule has 1 radical (unpaired) electrons. The van der Waals surface area contributed by atoms with Crippen LogP contribution in [0.5, 0.6) is 5.75 Å². The van der Waals surface area contributed by atoms with Gasteiger partial charge >= 0.3 is 8.32 Å². The Bertz CT molecular complexity index is 656. The van der Waals surface area contributed by atoms with E-state index in [-0.39, 0.29) is 0 Å². The molecular weight excluding hydrogens is 284 g/mol. The van der Waals surface area contributed by atoms with Gasteiger partial charge < -0.3 is 4.43 Å². The summed E-state index contributed by atoms with van der Waals surface area (Å²) in [7, 11) is -2.29. The van der Waals surface area contributed by atoms with Gasteiger partial charge in [-0.3, -0.25) is 0 Å². The van der Waals surface area contributed by atoms with Crippen molar-refractivity contribution in [2.75, 3.05) is 0 Å². The van der Waals surface area contributed by atoms with E-state index in [1.807, 2.05) is 24.3 Å². The van der Waals surface area contributed by atoms with Gasteiger partial charge in [0, 0.05) is 6.07 Å². The van der Waals surface area contributed by atoms with Gasteiger partial charge in [0.05, 0.1) is 0 Å². The largest absolute Gasteiger partial charge is 0.534 e. The van der Waals surface area contributed by atoms with E-state index in [1.165, 1.54) is 10.4 Å². The van der Waals surface area contributed by atoms with Crippen LogP contribution in [-0.4, -0.2) is 8.32 Å². The summed E-state index contributed by atoms with van der Waals surface area (Å²) in [5, 5.41) is 2.59. The molecule has 0 N–H and O–H groups in total. The molecule has 0 aliphatic heterocycles. The fourth-order valence-corrected chi connectivity index (χ4v) is 6.30. The summed E-state index contributed by atoms with van der Waals surface area (Å²) < 4.78 is 6.61. The molecule has 0 amide bonds. The van der Waals surface area contributed by atoms with E-state index >= 15 is 0 Å². The SMILES string of the molecule is CC[Si](Oc1[c]cccc1)(c1ccccc1)c1ccccc1. The molecule has 3 aromatic rings. The lowest BCUT2D eigenvalue weighted by atomic mass is 10.3. The molecular formula is C20H19OSi. The third-order valence-corrected chi connectivity index (χ3v) is 8.04. The van der Waals surface area contributed by atoms with Gasteiger partial charge in [-0.1, -0.05) is 85.8 Å². The zero-order valence-corrected chi connectivity index (χ0v) is 13.7. The Hall–Kier alpha value is -2.32. The van der Waals surface area contributed by atoms with Crippen molar-refractivity contribution in [1.29, 1.82) is 0 Å². The van der Waals surface area contributed by atoms with Crippen molar-refractivity contribution in [3.05, 3.63) is 91.0 Å². The van der Waals surface area contributed by atoms with E-state index in [2.05, 4.69) is 73.7 Å². The van der Waals surface area contributed by atoms with E-state index in [9.17, 15) is 0 Å². The first kappa shape index (κ1) is 14.6. The van der Waals surface area contributed by atoms with Crippen LogP contribution >= 0.6 is 0 Å². The van der Waals surface area contributed by atoms with Gasteiger partial charge in [0.25, 0.3) is 0 Å². The van der Waals surface area contributed by atoms with E-state index < -0.39 is 8.32 Å². The van der Waals surface area contributed by atoms with Crippen LogP contribution in [0.3, 0.4) is 0 Å². The molecule has 0 spiro atoms. The van der Waals surface area contributed by atoms with Crippen LogP contribution in [0.4, 0.5) is 0 Å². The van der Waals surface area contributed by atoms with Crippen LogP contribution in [0.15, 0.2) is 84.9 Å². The maximum atomic E-state index is 6.61. The predicted molar refractivity (Wildman–Crippen MR) is 94.3 cm³/mol. The number of hydrogen-bond acceptors (Lipinski definition) is 1. The van der Waals surface area contributed by atoms with Crippen LogP contribution < -0.4 is 14.8 Å². The lowest BCUT2D eigenvalue weighted by molar-refractivity contribution is 0.562. The second-order valence-corrected chi connectivity index (χ2v) is 8.96. The minimum atomic E-state index is -2.29. The number of rotatable bonds is 5. The van der Waals surface area contributed by atoms with Gasteiger partial charge in [-0.25, -0.2) is 0 Å². The van der Waals surface area contributed by atoms with E-state index in [1.54, 1.807) is 0 Å². The van der Waals surface area contributed by atoms with Crippen LogP contribution in [0, 0.1) is 6.07 Å². The van der Waals surface area contributed by atoms with Gasteiger partial charge in [0.15, 0.2) is 0 Å². The zero-order chi connectivity index (χ0) is 15.3. The van der Waals surface area contributed by atoms with Gasteiger partial charge in [0.1, 0.15) is 5.75 Å². The summed E-state index contributed by atoms with van der Waals surface area (Å²) in [5.41, 5.74) is 0. The van der Waals surface area contributed by atoms with Gasteiger partial charge in [-0.2, -0.15) is 0 Å². The Morgan fingerprint density at radius 1 is 0.773 bits per heavy atom. The van der Waals surface area contributed by atoms with E-state index in [4.69, 9.17) is 4.43 Å². The summed E-state index contributed by atoms with van der Waals surface area (Å²) in [6, 6.07) is 33.3. The van der Waals surface area contributed by atoms with Crippen molar-refractivity contribution < 1.29 is 4.43 Å². The topological polar surface area (TPSA) is 9.23 Å². The number of hydrogen-bond donors (Lipinski definition) is 0. The van der Waals surface area contributed by atoms with Crippen molar-refractivity contribution in [2.24, 2.45) is 0 Å². The fraction of sp³-hybridized carbons (Fsp3) is 0.100. The van der Waals surface area contributed by atoms with Crippen LogP contribution in [0.1, 0.15) is 6.92 Å². The highest BCUT2D eigenvalue weighted by molar-refractivity contribution is 6.97. The van der Waals surface area contributed by atoms with E-state index in [0.717, 1.165) is 11.8 Å². The molecule has 1 nitrogen and oxygen atoms in total. The normalized spacial score (nSPS) is 11.1. The van der Waals surface area contributed by atoms with Crippen molar-refractivity contribution in [2.45, 2.75) is 13.0 Å². The molecule has 0 atom stereocenters. The minimum absolute atomic E-state index is 0.823. The maximum Gasteiger partial charge on any atom is 0.314 e. The average molecular weight is 303 g/mol. The molecule has 0 fully saturated rings. The Balaban J connectivity index is 2.13. The van der Waals surface area contributed by atoms with Crippen LogP contribution in [0.2, 0.25) is 6.04 Å². The summed E-state index contributed by atoms with van der Waals surface area (Å²) in [4.78, 5) is 0. The van der Waals surface area contributed by atoms with Crippen molar-refractivity contribution in [3.63, 3.8) is 0 Å². The van der Waals surface area contributed by atoms with Gasteiger partial charge in [0.2, 0.25) is 0 Å². The second-order valence-electron chi connectivity index (χ2n) is 5.24. The average Bonchev–Trinajstić information content (AvgIpc) is 2.62. The molecule has 0 heterocycles. The van der Waals surface area contributed by atoms with E-state index in [0.29, 0.717) is 0 Å². The lowest BCUT2D eigenvalue weighted by Gasteiger charge is -2.32. The Labute approximate surface area is 133 Å². The predicted octanol–water partition coefficient (Wildman–Crippen LogP) is 3.65. The molecule has 3 aromatic carbocycles.